The van der Waals surface area contributed by atoms with Gasteiger partial charge in [-0.05, 0) is 44.9 Å². The topological polar surface area (TPSA) is 210 Å². The number of carbonyl (C=O) groups is 2. The molecule has 0 heterocycles. The average molecular weight is 975 g/mol. The minimum absolute atomic E-state index is 0.0454. The second-order valence-electron chi connectivity index (χ2n) is 19.1. The zero-order valence-corrected chi connectivity index (χ0v) is 43.1. The van der Waals surface area contributed by atoms with Crippen LogP contribution >= 0.6 is 7.82 Å². The van der Waals surface area contributed by atoms with Crippen molar-refractivity contribution in [2.75, 3.05) is 13.2 Å². The first-order valence-corrected chi connectivity index (χ1v) is 28.6. The van der Waals surface area contributed by atoms with Crippen molar-refractivity contribution in [3.05, 3.63) is 24.3 Å². The lowest BCUT2D eigenvalue weighted by molar-refractivity contribution is -0.220. The van der Waals surface area contributed by atoms with Gasteiger partial charge >= 0.3 is 19.8 Å². The van der Waals surface area contributed by atoms with Gasteiger partial charge in [0.2, 0.25) is 0 Å². The fourth-order valence-electron chi connectivity index (χ4n) is 8.43. The molecule has 0 aromatic heterocycles. The number of esters is 2. The van der Waals surface area contributed by atoms with Crippen molar-refractivity contribution in [1.29, 1.82) is 0 Å². The molecule has 0 saturated heterocycles. The Morgan fingerprint density at radius 2 is 0.791 bits per heavy atom. The monoisotopic (exact) mass is 975 g/mol. The molecule has 0 amide bonds. The Morgan fingerprint density at radius 3 is 1.19 bits per heavy atom. The molecule has 0 aromatic carbocycles. The van der Waals surface area contributed by atoms with Crippen molar-refractivity contribution in [3.8, 4) is 0 Å². The number of carbonyl (C=O) groups excluding carboxylic acids is 2. The molecular formula is C53H99O13P. The maximum Gasteiger partial charge on any atom is 0.472 e. The average Bonchev–Trinajstić information content (AvgIpc) is 3.31. The highest BCUT2D eigenvalue weighted by atomic mass is 31.2. The molecule has 6 unspecified atom stereocenters. The highest BCUT2D eigenvalue weighted by molar-refractivity contribution is 7.47. The smallest absolute Gasteiger partial charge is 0.462 e. The summed E-state index contributed by atoms with van der Waals surface area (Å²) < 4.78 is 33.6. The summed E-state index contributed by atoms with van der Waals surface area (Å²) in [7, 11) is -5.13. The molecule has 67 heavy (non-hydrogen) atoms. The fraction of sp³-hybridized carbons (Fsp3) is 0.887. The molecule has 1 saturated carbocycles. The number of aliphatic hydroxyl groups is 5. The van der Waals surface area contributed by atoms with Gasteiger partial charge in [-0.15, -0.1) is 0 Å². The summed E-state index contributed by atoms with van der Waals surface area (Å²) in [6, 6.07) is 0. The molecule has 394 valence electrons. The number of phosphoric acid groups is 1. The van der Waals surface area contributed by atoms with Crippen LogP contribution in [0.25, 0.3) is 0 Å². The molecule has 13 nitrogen and oxygen atoms in total. The van der Waals surface area contributed by atoms with E-state index in [2.05, 4.69) is 32.1 Å². The number of allylic oxidation sites excluding steroid dienone is 4. The maximum absolute atomic E-state index is 12.8. The Bertz CT molecular complexity index is 1270. The van der Waals surface area contributed by atoms with Crippen molar-refractivity contribution < 1.29 is 63.1 Å². The molecule has 0 radical (unpaired) electrons. The van der Waals surface area contributed by atoms with E-state index in [-0.39, 0.29) is 12.8 Å². The van der Waals surface area contributed by atoms with E-state index in [1.54, 1.807) is 0 Å². The zero-order chi connectivity index (χ0) is 49.2. The Balaban J connectivity index is 2.38. The Morgan fingerprint density at radius 1 is 0.448 bits per heavy atom. The molecule has 1 aliphatic rings. The number of hydrogen-bond donors (Lipinski definition) is 6. The van der Waals surface area contributed by atoms with Gasteiger partial charge in [0.25, 0.3) is 0 Å². The van der Waals surface area contributed by atoms with Gasteiger partial charge in [0.1, 0.15) is 43.2 Å². The number of ether oxygens (including phenoxy) is 2. The Hall–Kier alpha value is -1.67. The van der Waals surface area contributed by atoms with Crippen LogP contribution in [-0.4, -0.2) is 98.3 Å². The van der Waals surface area contributed by atoms with Crippen LogP contribution in [0, 0.1) is 0 Å². The Kier molecular flexibility index (Phi) is 40.8. The minimum atomic E-state index is -5.13. The van der Waals surface area contributed by atoms with Crippen molar-refractivity contribution in [2.24, 2.45) is 0 Å². The van der Waals surface area contributed by atoms with Crippen LogP contribution in [-0.2, 0) is 32.7 Å². The van der Waals surface area contributed by atoms with E-state index in [1.807, 2.05) is 6.08 Å². The van der Waals surface area contributed by atoms with Crippen molar-refractivity contribution in [2.45, 2.75) is 288 Å². The summed E-state index contributed by atoms with van der Waals surface area (Å²) in [6.45, 7) is 3.29. The van der Waals surface area contributed by atoms with Crippen LogP contribution in [0.1, 0.15) is 245 Å². The molecule has 14 heteroatoms. The van der Waals surface area contributed by atoms with E-state index in [0.717, 1.165) is 25.7 Å². The van der Waals surface area contributed by atoms with Crippen LogP contribution in [0.5, 0.6) is 0 Å². The number of unbranched alkanes of at least 4 members (excludes halogenated alkanes) is 30. The normalized spacial score (nSPS) is 21.3. The first kappa shape index (κ1) is 63.3. The van der Waals surface area contributed by atoms with E-state index in [4.69, 9.17) is 18.5 Å². The van der Waals surface area contributed by atoms with E-state index in [1.165, 1.54) is 173 Å². The van der Waals surface area contributed by atoms with Gasteiger partial charge in [0.15, 0.2) is 6.10 Å². The molecule has 6 N–H and O–H groups in total. The summed E-state index contributed by atoms with van der Waals surface area (Å²) in [5.74, 6) is -1.18. The predicted molar refractivity (Wildman–Crippen MR) is 267 cm³/mol. The number of phosphoric ester groups is 1. The molecule has 1 rings (SSSR count). The Labute approximate surface area is 406 Å². The van der Waals surface area contributed by atoms with Gasteiger partial charge in [-0.3, -0.25) is 18.6 Å². The standard InChI is InChI=1S/C53H99O13P/c1-3-5-7-9-11-13-15-17-19-20-21-22-23-24-25-26-28-30-32-34-36-38-40-42-47(55)65-45(44-64-67(61,62)66-53-51(59)49(57)48(56)50(58)52(53)60)43-63-46(54)41-39-37-35-33-31-29-27-18-16-14-12-10-8-6-4-2/h34-37,45,48-53,56-60H,3-33,38-44H2,1-2H3,(H,61,62)/b36-34+,37-35+/t45-,48?,49-,50?,51?,52?,53?/m1/s1. The molecule has 0 aliphatic heterocycles. The SMILES string of the molecule is CCCCCCCCCCCCC/C=C/CCC(=O)OC[C@H](COP(=O)(O)OC1C(O)C(O)C(O)[C@@H](O)C1O)OC(=O)CCC/C=C/CCCCCCCCCCCCCCCCCCCC. The van der Waals surface area contributed by atoms with Gasteiger partial charge in [-0.2, -0.15) is 0 Å². The number of aliphatic hydroxyl groups excluding tert-OH is 5. The molecule has 1 aliphatic carbocycles. The predicted octanol–water partition coefficient (Wildman–Crippen LogP) is 12.0. The quantitative estimate of drug-likeness (QED) is 0.0145. The maximum atomic E-state index is 12.8. The third-order valence-corrected chi connectivity index (χ3v) is 13.8. The van der Waals surface area contributed by atoms with E-state index in [0.29, 0.717) is 19.3 Å². The molecule has 1 fully saturated rings. The summed E-state index contributed by atoms with van der Waals surface area (Å²) in [6.07, 6.45) is 36.9. The van der Waals surface area contributed by atoms with Crippen LogP contribution in [0.3, 0.4) is 0 Å². The first-order chi connectivity index (χ1) is 32.4. The molecule has 0 spiro atoms. The van der Waals surface area contributed by atoms with E-state index >= 15 is 0 Å². The molecule has 0 aromatic rings. The summed E-state index contributed by atoms with van der Waals surface area (Å²) in [4.78, 5) is 35.8. The second kappa shape index (κ2) is 43.1. The van der Waals surface area contributed by atoms with Gasteiger partial charge in [-0.1, -0.05) is 212 Å². The third kappa shape index (κ3) is 35.1. The lowest BCUT2D eigenvalue weighted by atomic mass is 9.85. The van der Waals surface area contributed by atoms with Crippen LogP contribution in [0.4, 0.5) is 0 Å². The van der Waals surface area contributed by atoms with Crippen molar-refractivity contribution >= 4 is 19.8 Å². The lowest BCUT2D eigenvalue weighted by Gasteiger charge is -2.41. The van der Waals surface area contributed by atoms with Gasteiger partial charge in [-0.25, -0.2) is 4.57 Å². The van der Waals surface area contributed by atoms with Crippen LogP contribution in [0.15, 0.2) is 24.3 Å². The first-order valence-electron chi connectivity index (χ1n) is 27.1. The van der Waals surface area contributed by atoms with Crippen LogP contribution < -0.4 is 0 Å². The third-order valence-electron chi connectivity index (χ3n) is 12.8. The zero-order valence-electron chi connectivity index (χ0n) is 42.2. The van der Waals surface area contributed by atoms with Gasteiger partial charge in [0, 0.05) is 12.8 Å². The van der Waals surface area contributed by atoms with Gasteiger partial charge in [0.05, 0.1) is 6.61 Å². The highest BCUT2D eigenvalue weighted by Gasteiger charge is 2.51. The second-order valence-corrected chi connectivity index (χ2v) is 20.5. The largest absolute Gasteiger partial charge is 0.472 e. The van der Waals surface area contributed by atoms with E-state index < -0.39 is 75.7 Å². The van der Waals surface area contributed by atoms with Crippen molar-refractivity contribution in [1.82, 2.24) is 0 Å². The van der Waals surface area contributed by atoms with Crippen LogP contribution in [0.2, 0.25) is 0 Å². The fourth-order valence-corrected chi connectivity index (χ4v) is 9.40. The summed E-state index contributed by atoms with van der Waals surface area (Å²) in [5, 5.41) is 50.3. The molecular weight excluding hydrogens is 876 g/mol. The number of rotatable bonds is 46. The minimum Gasteiger partial charge on any atom is -0.462 e. The van der Waals surface area contributed by atoms with Crippen molar-refractivity contribution in [3.63, 3.8) is 0 Å². The summed E-state index contributed by atoms with van der Waals surface area (Å²) in [5.41, 5.74) is 0. The lowest BCUT2D eigenvalue weighted by Crippen LogP contribution is -2.64. The van der Waals surface area contributed by atoms with E-state index in [9.17, 15) is 44.6 Å². The highest BCUT2D eigenvalue weighted by Crippen LogP contribution is 2.47. The van der Waals surface area contributed by atoms with Gasteiger partial charge < -0.3 is 39.9 Å². The summed E-state index contributed by atoms with van der Waals surface area (Å²) >= 11 is 0. The number of hydrogen-bond acceptors (Lipinski definition) is 12. The molecule has 0 bridgehead atoms. The molecule has 8 atom stereocenters.